The SMILES string of the molecule is C[C@]1(N=[N+]=[N-])C(n2ccc(=O)[nH]c2=O)O[C@@H]2COP(=O)(OC3CCC3)O[C@H]21. The van der Waals surface area contributed by atoms with E-state index < -0.39 is 43.0 Å². The van der Waals surface area contributed by atoms with Gasteiger partial charge in [-0.2, -0.15) is 0 Å². The molecule has 1 N–H and O–H groups in total. The number of nitrogens with one attached hydrogen (secondary N) is 1. The molecule has 1 saturated carbocycles. The average Bonchev–Trinajstić information content (AvgIpc) is 2.84. The summed E-state index contributed by atoms with van der Waals surface area (Å²) in [7, 11) is -3.85. The topological polar surface area (TPSA) is 158 Å². The van der Waals surface area contributed by atoms with Gasteiger partial charge in [0.25, 0.3) is 5.56 Å². The van der Waals surface area contributed by atoms with Gasteiger partial charge in [-0.3, -0.25) is 27.9 Å². The van der Waals surface area contributed by atoms with Crippen LogP contribution >= 0.6 is 7.82 Å². The molecule has 12 nitrogen and oxygen atoms in total. The second-order valence-corrected chi connectivity index (χ2v) is 8.46. The fourth-order valence-electron chi connectivity index (χ4n) is 3.40. The monoisotopic (exact) mass is 399 g/mol. The first-order valence-corrected chi connectivity index (χ1v) is 9.95. The molecule has 1 aromatic heterocycles. The quantitative estimate of drug-likeness (QED) is 0.348. The molecule has 3 fully saturated rings. The number of nitrogens with zero attached hydrogens (tertiary/aromatic N) is 4. The van der Waals surface area contributed by atoms with E-state index in [4.69, 9.17) is 23.8 Å². The Kier molecular flexibility index (Phi) is 4.50. The molecule has 0 bridgehead atoms. The zero-order chi connectivity index (χ0) is 19.2. The van der Waals surface area contributed by atoms with Gasteiger partial charge in [-0.05, 0) is 31.7 Å². The van der Waals surface area contributed by atoms with E-state index in [1.165, 1.54) is 13.1 Å². The first-order valence-electron chi connectivity index (χ1n) is 8.49. The second kappa shape index (κ2) is 6.59. The van der Waals surface area contributed by atoms with E-state index in [2.05, 4.69) is 15.0 Å². The third kappa shape index (κ3) is 3.14. The molecular formula is C14H18N5O7P. The van der Waals surface area contributed by atoms with Crippen LogP contribution in [0.15, 0.2) is 27.0 Å². The predicted molar refractivity (Wildman–Crippen MR) is 89.9 cm³/mol. The molecule has 0 radical (unpaired) electrons. The van der Waals surface area contributed by atoms with Crippen molar-refractivity contribution < 1.29 is 22.9 Å². The van der Waals surface area contributed by atoms with Gasteiger partial charge in [0.15, 0.2) is 6.23 Å². The summed E-state index contributed by atoms with van der Waals surface area (Å²) < 4.78 is 36.2. The molecule has 2 saturated heterocycles. The third-order valence-electron chi connectivity index (χ3n) is 5.05. The van der Waals surface area contributed by atoms with Crippen molar-refractivity contribution in [2.24, 2.45) is 5.11 Å². The Morgan fingerprint density at radius 2 is 2.26 bits per heavy atom. The predicted octanol–water partition coefficient (Wildman–Crippen LogP) is 1.60. The van der Waals surface area contributed by atoms with Gasteiger partial charge in [0, 0.05) is 17.2 Å². The number of H-pyrrole nitrogens is 1. The summed E-state index contributed by atoms with van der Waals surface area (Å²) in [5, 5.41) is 3.79. The highest BCUT2D eigenvalue weighted by atomic mass is 31.2. The highest BCUT2D eigenvalue weighted by Gasteiger charge is 2.61. The Bertz CT molecular complexity index is 952. The summed E-state index contributed by atoms with van der Waals surface area (Å²) in [5.41, 5.74) is 6.32. The Hall–Kier alpha value is -1.94. The summed E-state index contributed by atoms with van der Waals surface area (Å²) in [6, 6.07) is 1.14. The number of azide groups is 1. The lowest BCUT2D eigenvalue weighted by Gasteiger charge is -2.37. The molecule has 0 amide bonds. The van der Waals surface area contributed by atoms with E-state index in [0.717, 1.165) is 29.9 Å². The minimum Gasteiger partial charge on any atom is -0.349 e. The van der Waals surface area contributed by atoms with Gasteiger partial charge in [0.05, 0.1) is 12.7 Å². The largest absolute Gasteiger partial charge is 0.475 e. The maximum atomic E-state index is 12.9. The van der Waals surface area contributed by atoms with Crippen LogP contribution in [-0.4, -0.2) is 40.0 Å². The molecule has 2 unspecified atom stereocenters. The maximum absolute atomic E-state index is 12.9. The van der Waals surface area contributed by atoms with Crippen LogP contribution in [0.3, 0.4) is 0 Å². The average molecular weight is 399 g/mol. The minimum absolute atomic E-state index is 0.111. The standard InChI is InChI=1S/C14H18N5O7P/c1-14(17-18-15)11-9(7-23-27(22,26-11)25-8-3-2-4-8)24-12(14)19-6-5-10(20)16-13(19)21/h5-6,8-9,11-12H,2-4,7H2,1H3,(H,16,20,21)/t9-,11-,12?,14-,27?/m1/s1. The minimum atomic E-state index is -3.85. The van der Waals surface area contributed by atoms with Crippen molar-refractivity contribution in [1.29, 1.82) is 0 Å². The lowest BCUT2D eigenvalue weighted by Crippen LogP contribution is -2.48. The van der Waals surface area contributed by atoms with E-state index in [0.29, 0.717) is 0 Å². The van der Waals surface area contributed by atoms with E-state index in [1.807, 2.05) is 0 Å². The fourth-order valence-corrected chi connectivity index (χ4v) is 5.11. The number of phosphoric ester groups is 1. The summed E-state index contributed by atoms with van der Waals surface area (Å²) in [4.78, 5) is 28.5. The molecule has 2 aliphatic heterocycles. The molecule has 3 heterocycles. The van der Waals surface area contributed by atoms with Crippen LogP contribution in [0, 0.1) is 0 Å². The zero-order valence-corrected chi connectivity index (χ0v) is 15.3. The highest BCUT2D eigenvalue weighted by molar-refractivity contribution is 7.48. The van der Waals surface area contributed by atoms with Crippen LogP contribution in [0.2, 0.25) is 0 Å². The molecule has 3 aliphatic rings. The van der Waals surface area contributed by atoms with Crippen LogP contribution in [-0.2, 0) is 22.9 Å². The number of hydrogen-bond acceptors (Lipinski definition) is 8. The van der Waals surface area contributed by atoms with Crippen LogP contribution in [0.5, 0.6) is 0 Å². The summed E-state index contributed by atoms with van der Waals surface area (Å²) in [6.07, 6.45) is 0.764. The smallest absolute Gasteiger partial charge is 0.349 e. The Morgan fingerprint density at radius 1 is 1.48 bits per heavy atom. The van der Waals surface area contributed by atoms with Gasteiger partial charge >= 0.3 is 13.5 Å². The van der Waals surface area contributed by atoms with E-state index >= 15 is 0 Å². The molecular weight excluding hydrogens is 381 g/mol. The number of aromatic amines is 1. The van der Waals surface area contributed by atoms with Crippen molar-refractivity contribution in [2.75, 3.05) is 6.61 Å². The van der Waals surface area contributed by atoms with Gasteiger partial charge in [-0.1, -0.05) is 5.11 Å². The molecule has 13 heteroatoms. The molecule has 4 rings (SSSR count). The summed E-state index contributed by atoms with van der Waals surface area (Å²) in [5.74, 6) is 0. The number of hydrogen-bond donors (Lipinski definition) is 1. The number of ether oxygens (including phenoxy) is 1. The summed E-state index contributed by atoms with van der Waals surface area (Å²) in [6.45, 7) is 1.42. The van der Waals surface area contributed by atoms with Gasteiger partial charge in [-0.25, -0.2) is 9.36 Å². The molecule has 1 aliphatic carbocycles. The van der Waals surface area contributed by atoms with E-state index in [1.54, 1.807) is 0 Å². The van der Waals surface area contributed by atoms with Crippen molar-refractivity contribution in [1.82, 2.24) is 9.55 Å². The van der Waals surface area contributed by atoms with Gasteiger partial charge in [-0.15, -0.1) is 0 Å². The van der Waals surface area contributed by atoms with Crippen LogP contribution in [0.1, 0.15) is 32.4 Å². The number of aromatic nitrogens is 2. The van der Waals surface area contributed by atoms with Crippen molar-refractivity contribution in [3.63, 3.8) is 0 Å². The molecule has 1 aromatic rings. The lowest BCUT2D eigenvalue weighted by atomic mass is 9.93. The Balaban J connectivity index is 1.68. The summed E-state index contributed by atoms with van der Waals surface area (Å²) >= 11 is 0. The zero-order valence-electron chi connectivity index (χ0n) is 14.4. The van der Waals surface area contributed by atoms with E-state index in [9.17, 15) is 14.2 Å². The van der Waals surface area contributed by atoms with Crippen LogP contribution in [0.4, 0.5) is 0 Å². The Labute approximate surface area is 152 Å². The molecule has 5 atom stereocenters. The van der Waals surface area contributed by atoms with Gasteiger partial charge < -0.3 is 4.74 Å². The van der Waals surface area contributed by atoms with Crippen molar-refractivity contribution in [3.8, 4) is 0 Å². The normalized spacial score (nSPS) is 38.6. The molecule has 0 aromatic carbocycles. The van der Waals surface area contributed by atoms with Crippen molar-refractivity contribution >= 4 is 7.82 Å². The van der Waals surface area contributed by atoms with Gasteiger partial charge in [0.1, 0.15) is 17.7 Å². The maximum Gasteiger partial charge on any atom is 0.475 e. The Morgan fingerprint density at radius 3 is 2.89 bits per heavy atom. The van der Waals surface area contributed by atoms with Crippen LogP contribution in [0.25, 0.3) is 10.4 Å². The fraction of sp³-hybridized carbons (Fsp3) is 0.714. The molecule has 27 heavy (non-hydrogen) atoms. The number of rotatable bonds is 4. The number of fused-ring (bicyclic) bond motifs is 1. The highest BCUT2D eigenvalue weighted by Crippen LogP contribution is 2.61. The second-order valence-electron chi connectivity index (χ2n) is 6.89. The molecule has 146 valence electrons. The lowest BCUT2D eigenvalue weighted by molar-refractivity contribution is -0.0800. The number of phosphoric acid groups is 1. The molecule has 0 spiro atoms. The van der Waals surface area contributed by atoms with Crippen molar-refractivity contribution in [2.45, 2.75) is 56.3 Å². The van der Waals surface area contributed by atoms with Crippen molar-refractivity contribution in [3.05, 3.63) is 43.5 Å². The first-order chi connectivity index (χ1) is 12.8. The van der Waals surface area contributed by atoms with Gasteiger partial charge in [0.2, 0.25) is 0 Å². The van der Waals surface area contributed by atoms with Crippen LogP contribution < -0.4 is 11.2 Å². The first kappa shape index (κ1) is 18.4. The van der Waals surface area contributed by atoms with E-state index in [-0.39, 0.29) is 12.7 Å². The third-order valence-corrected chi connectivity index (χ3v) is 6.56.